The first-order valence-electron chi connectivity index (χ1n) is 4.53. The zero-order chi connectivity index (χ0) is 10.1. The fourth-order valence-electron chi connectivity index (χ4n) is 1.71. The Kier molecular flexibility index (Phi) is 2.11. The van der Waals surface area contributed by atoms with Crippen LogP contribution in [-0.2, 0) is 23.0 Å². The Bertz CT molecular complexity index is 404. The Morgan fingerprint density at radius 3 is 3.14 bits per heavy atom. The Morgan fingerprint density at radius 2 is 2.43 bits per heavy atom. The largest absolute Gasteiger partial charge is 0.465 e. The summed E-state index contributed by atoms with van der Waals surface area (Å²) in [5.74, 6) is -0.279. The van der Waals surface area contributed by atoms with E-state index in [0.29, 0.717) is 5.57 Å². The van der Waals surface area contributed by atoms with Gasteiger partial charge in [0, 0.05) is 18.8 Å². The summed E-state index contributed by atoms with van der Waals surface area (Å²) in [4.78, 5) is 11.4. The average molecular weight is 192 g/mol. The fourth-order valence-corrected chi connectivity index (χ4v) is 1.71. The standard InChI is InChI=1S/C10H12N2O2/c1-12-6-8-7(10(13)14-2)4-3-5-9(8)11-12/h4,6H,3,5H2,1-2H3. The zero-order valence-electron chi connectivity index (χ0n) is 8.28. The van der Waals surface area contributed by atoms with Gasteiger partial charge in [0.1, 0.15) is 0 Å². The number of nitrogens with zero attached hydrogens (tertiary/aromatic N) is 2. The third kappa shape index (κ3) is 1.32. The molecule has 1 aliphatic rings. The average Bonchev–Trinajstić information content (AvgIpc) is 2.56. The SMILES string of the molecule is COC(=O)C1=CCCc2nn(C)cc21. The lowest BCUT2D eigenvalue weighted by molar-refractivity contribution is -0.133. The van der Waals surface area contributed by atoms with Crippen molar-refractivity contribution in [2.24, 2.45) is 7.05 Å². The second kappa shape index (κ2) is 3.29. The third-order valence-electron chi connectivity index (χ3n) is 2.33. The van der Waals surface area contributed by atoms with Gasteiger partial charge in [0.2, 0.25) is 0 Å². The van der Waals surface area contributed by atoms with Crippen LogP contribution in [0.1, 0.15) is 17.7 Å². The number of methoxy groups -OCH3 is 1. The normalized spacial score (nSPS) is 14.6. The highest BCUT2D eigenvalue weighted by atomic mass is 16.5. The molecule has 1 aliphatic carbocycles. The molecule has 0 N–H and O–H groups in total. The number of rotatable bonds is 1. The molecule has 0 aliphatic heterocycles. The molecule has 0 saturated carbocycles. The lowest BCUT2D eigenvalue weighted by atomic mass is 9.97. The summed E-state index contributed by atoms with van der Waals surface area (Å²) in [6.07, 6.45) is 5.53. The van der Waals surface area contributed by atoms with E-state index in [-0.39, 0.29) is 5.97 Å². The maximum absolute atomic E-state index is 11.4. The molecule has 4 heteroatoms. The predicted octanol–water partition coefficient (Wildman–Crippen LogP) is 0.923. The van der Waals surface area contributed by atoms with E-state index >= 15 is 0 Å². The quantitative estimate of drug-likeness (QED) is 0.621. The van der Waals surface area contributed by atoms with Crippen molar-refractivity contribution in [2.75, 3.05) is 7.11 Å². The van der Waals surface area contributed by atoms with E-state index < -0.39 is 0 Å². The van der Waals surface area contributed by atoms with Crippen LogP contribution in [0.15, 0.2) is 12.3 Å². The van der Waals surface area contributed by atoms with Crippen molar-refractivity contribution in [3.8, 4) is 0 Å². The lowest BCUT2D eigenvalue weighted by Gasteiger charge is -2.09. The summed E-state index contributed by atoms with van der Waals surface area (Å²) < 4.78 is 6.44. The van der Waals surface area contributed by atoms with Gasteiger partial charge in [-0.3, -0.25) is 4.68 Å². The number of fused-ring (bicyclic) bond motifs is 1. The second-order valence-corrected chi connectivity index (χ2v) is 3.31. The van der Waals surface area contributed by atoms with Gasteiger partial charge in [-0.1, -0.05) is 6.08 Å². The van der Waals surface area contributed by atoms with Crippen molar-refractivity contribution < 1.29 is 9.53 Å². The molecule has 1 aromatic heterocycles. The Labute approximate surface area is 82.2 Å². The molecular formula is C10H12N2O2. The minimum atomic E-state index is -0.279. The van der Waals surface area contributed by atoms with E-state index in [0.717, 1.165) is 24.1 Å². The van der Waals surface area contributed by atoms with Crippen LogP contribution in [0.5, 0.6) is 0 Å². The number of allylic oxidation sites excluding steroid dienone is 1. The molecule has 74 valence electrons. The van der Waals surface area contributed by atoms with Crippen LogP contribution in [0.25, 0.3) is 5.57 Å². The molecular weight excluding hydrogens is 180 g/mol. The van der Waals surface area contributed by atoms with Crippen LogP contribution < -0.4 is 0 Å². The van der Waals surface area contributed by atoms with E-state index in [1.165, 1.54) is 7.11 Å². The maximum Gasteiger partial charge on any atom is 0.338 e. The molecule has 0 fully saturated rings. The maximum atomic E-state index is 11.4. The van der Waals surface area contributed by atoms with Crippen LogP contribution >= 0.6 is 0 Å². The number of hydrogen-bond donors (Lipinski definition) is 0. The highest BCUT2D eigenvalue weighted by Crippen LogP contribution is 2.25. The van der Waals surface area contributed by atoms with Gasteiger partial charge in [-0.05, 0) is 12.8 Å². The Balaban J connectivity index is 2.44. The van der Waals surface area contributed by atoms with Gasteiger partial charge in [0.15, 0.2) is 0 Å². The molecule has 0 atom stereocenters. The van der Waals surface area contributed by atoms with Crippen LogP contribution in [0.3, 0.4) is 0 Å². The van der Waals surface area contributed by atoms with Crippen molar-refractivity contribution in [2.45, 2.75) is 12.8 Å². The van der Waals surface area contributed by atoms with Gasteiger partial charge in [-0.15, -0.1) is 0 Å². The molecule has 0 aromatic carbocycles. The minimum Gasteiger partial charge on any atom is -0.465 e. The molecule has 4 nitrogen and oxygen atoms in total. The van der Waals surface area contributed by atoms with Gasteiger partial charge in [-0.2, -0.15) is 5.10 Å². The number of esters is 1. The van der Waals surface area contributed by atoms with E-state index in [2.05, 4.69) is 5.10 Å². The van der Waals surface area contributed by atoms with Crippen LogP contribution in [-0.4, -0.2) is 22.9 Å². The first-order chi connectivity index (χ1) is 6.72. The molecule has 0 spiro atoms. The van der Waals surface area contributed by atoms with E-state index in [4.69, 9.17) is 4.74 Å². The van der Waals surface area contributed by atoms with Crippen molar-refractivity contribution in [1.29, 1.82) is 0 Å². The van der Waals surface area contributed by atoms with Crippen molar-refractivity contribution in [3.63, 3.8) is 0 Å². The molecule has 0 bridgehead atoms. The van der Waals surface area contributed by atoms with Crippen molar-refractivity contribution >= 4 is 11.5 Å². The summed E-state index contributed by atoms with van der Waals surface area (Å²) in [6, 6.07) is 0. The highest BCUT2D eigenvalue weighted by Gasteiger charge is 2.21. The van der Waals surface area contributed by atoms with E-state index in [9.17, 15) is 4.79 Å². The first kappa shape index (κ1) is 8.99. The summed E-state index contributed by atoms with van der Waals surface area (Å²) in [5.41, 5.74) is 2.53. The molecule has 2 rings (SSSR count). The van der Waals surface area contributed by atoms with E-state index in [1.54, 1.807) is 4.68 Å². The van der Waals surface area contributed by atoms with Crippen LogP contribution in [0.4, 0.5) is 0 Å². The van der Waals surface area contributed by atoms with Gasteiger partial charge >= 0.3 is 5.97 Å². The topological polar surface area (TPSA) is 44.1 Å². The van der Waals surface area contributed by atoms with Gasteiger partial charge in [0.05, 0.1) is 18.4 Å². The Morgan fingerprint density at radius 1 is 1.64 bits per heavy atom. The number of hydrogen-bond acceptors (Lipinski definition) is 3. The monoisotopic (exact) mass is 192 g/mol. The molecule has 1 heterocycles. The highest BCUT2D eigenvalue weighted by molar-refractivity contribution is 6.17. The van der Waals surface area contributed by atoms with Gasteiger partial charge < -0.3 is 4.74 Å². The molecule has 14 heavy (non-hydrogen) atoms. The Hall–Kier alpha value is -1.58. The molecule has 1 aromatic rings. The predicted molar refractivity (Wildman–Crippen MR) is 51.5 cm³/mol. The second-order valence-electron chi connectivity index (χ2n) is 3.31. The number of carbonyl (C=O) groups is 1. The van der Waals surface area contributed by atoms with Gasteiger partial charge in [-0.25, -0.2) is 4.79 Å². The van der Waals surface area contributed by atoms with Crippen LogP contribution in [0, 0.1) is 0 Å². The molecule has 0 amide bonds. The van der Waals surface area contributed by atoms with E-state index in [1.807, 2.05) is 19.3 Å². The first-order valence-corrected chi connectivity index (χ1v) is 4.53. The third-order valence-corrected chi connectivity index (χ3v) is 2.33. The molecule has 0 unspecified atom stereocenters. The number of aromatic nitrogens is 2. The van der Waals surface area contributed by atoms with Crippen molar-refractivity contribution in [3.05, 3.63) is 23.5 Å². The minimum absolute atomic E-state index is 0.279. The lowest BCUT2D eigenvalue weighted by Crippen LogP contribution is -2.08. The summed E-state index contributed by atoms with van der Waals surface area (Å²) >= 11 is 0. The zero-order valence-corrected chi connectivity index (χ0v) is 8.28. The van der Waals surface area contributed by atoms with Crippen molar-refractivity contribution in [1.82, 2.24) is 9.78 Å². The van der Waals surface area contributed by atoms with Gasteiger partial charge in [0.25, 0.3) is 0 Å². The number of ether oxygens (including phenoxy) is 1. The molecule has 0 radical (unpaired) electrons. The summed E-state index contributed by atoms with van der Waals surface area (Å²) in [5, 5.41) is 4.29. The summed E-state index contributed by atoms with van der Waals surface area (Å²) in [7, 11) is 3.25. The number of carbonyl (C=O) groups excluding carboxylic acids is 1. The summed E-state index contributed by atoms with van der Waals surface area (Å²) in [6.45, 7) is 0. The van der Waals surface area contributed by atoms with Crippen LogP contribution in [0.2, 0.25) is 0 Å². The fraction of sp³-hybridized carbons (Fsp3) is 0.400. The molecule has 0 saturated heterocycles. The smallest absolute Gasteiger partial charge is 0.338 e. The number of aryl methyl sites for hydroxylation is 2.